The lowest BCUT2D eigenvalue weighted by Gasteiger charge is -2.01. The average Bonchev–Trinajstić information content (AvgIpc) is 2.47. The summed E-state index contributed by atoms with van der Waals surface area (Å²) in [6.45, 7) is 2.34. The molecule has 0 spiro atoms. The Morgan fingerprint density at radius 3 is 2.00 bits per heavy atom. The van der Waals surface area contributed by atoms with Gasteiger partial charge in [-0.05, 0) is 32.1 Å². The Labute approximate surface area is 126 Å². The maximum atomic E-state index is 8.77. The number of aliphatic hydroxyl groups excluding tert-OH is 1. The van der Waals surface area contributed by atoms with E-state index in [-0.39, 0.29) is 12.6 Å². The third-order valence-electron chi connectivity index (χ3n) is 3.48. The molecule has 0 aliphatic carbocycles. The number of nitrogens with two attached hydrogens (primary N) is 1. The van der Waals surface area contributed by atoms with E-state index in [1.165, 1.54) is 51.4 Å². The summed E-state index contributed by atoms with van der Waals surface area (Å²) in [6.07, 6.45) is 22.7. The Kier molecular flexibility index (Phi) is 16.0. The molecule has 3 N–H and O–H groups in total. The van der Waals surface area contributed by atoms with Gasteiger partial charge < -0.3 is 10.8 Å². The van der Waals surface area contributed by atoms with Crippen LogP contribution in [0.5, 0.6) is 0 Å². The minimum absolute atomic E-state index is 0.0721. The van der Waals surface area contributed by atoms with Gasteiger partial charge in [0.2, 0.25) is 0 Å². The summed E-state index contributed by atoms with van der Waals surface area (Å²) in [7, 11) is 0. The highest BCUT2D eigenvalue weighted by Crippen LogP contribution is 2.08. The van der Waals surface area contributed by atoms with Gasteiger partial charge in [-0.3, -0.25) is 0 Å². The Hall–Kier alpha value is -0.600. The fourth-order valence-electron chi connectivity index (χ4n) is 2.11. The van der Waals surface area contributed by atoms with Gasteiger partial charge in [0.25, 0.3) is 0 Å². The lowest BCUT2D eigenvalue weighted by molar-refractivity contribution is 0.266. The molecule has 0 saturated heterocycles. The lowest BCUT2D eigenvalue weighted by atomic mass is 10.1. The zero-order valence-electron chi connectivity index (χ0n) is 13.4. The largest absolute Gasteiger partial charge is 0.395 e. The van der Waals surface area contributed by atoms with Crippen molar-refractivity contribution < 1.29 is 5.11 Å². The molecule has 0 heterocycles. The molecule has 2 heteroatoms. The molecule has 0 aromatic carbocycles. The molecule has 0 aromatic rings. The molecule has 2 nitrogen and oxygen atoms in total. The van der Waals surface area contributed by atoms with Crippen LogP contribution < -0.4 is 5.73 Å². The second-order valence-corrected chi connectivity index (χ2v) is 5.61. The predicted molar refractivity (Wildman–Crippen MR) is 89.8 cm³/mol. The van der Waals surface area contributed by atoms with Crippen molar-refractivity contribution in [2.75, 3.05) is 6.61 Å². The minimum atomic E-state index is -0.0980. The summed E-state index contributed by atoms with van der Waals surface area (Å²) in [4.78, 5) is 0. The molecule has 0 bridgehead atoms. The maximum Gasteiger partial charge on any atom is 0.0585 e. The van der Waals surface area contributed by atoms with E-state index in [2.05, 4.69) is 31.2 Å². The van der Waals surface area contributed by atoms with Gasteiger partial charge in [0.1, 0.15) is 0 Å². The fraction of sp³-hybridized carbons (Fsp3) is 0.778. The topological polar surface area (TPSA) is 46.2 Å². The van der Waals surface area contributed by atoms with Gasteiger partial charge in [-0.25, -0.2) is 0 Å². The summed E-state index contributed by atoms with van der Waals surface area (Å²) >= 11 is 0. The van der Waals surface area contributed by atoms with E-state index in [9.17, 15) is 0 Å². The van der Waals surface area contributed by atoms with E-state index in [0.717, 1.165) is 19.3 Å². The van der Waals surface area contributed by atoms with Crippen molar-refractivity contribution in [3.05, 3.63) is 24.3 Å². The molecule has 0 rings (SSSR count). The highest BCUT2D eigenvalue weighted by Gasteiger charge is 1.94. The second kappa shape index (κ2) is 16.5. The molecule has 1 atom stereocenters. The molecular formula is C18H35NO. The van der Waals surface area contributed by atoms with Gasteiger partial charge in [-0.2, -0.15) is 0 Å². The highest BCUT2D eigenvalue weighted by atomic mass is 16.3. The fourth-order valence-corrected chi connectivity index (χ4v) is 2.11. The zero-order valence-corrected chi connectivity index (χ0v) is 13.4. The van der Waals surface area contributed by atoms with E-state index in [1.54, 1.807) is 0 Å². The van der Waals surface area contributed by atoms with Crippen LogP contribution in [0.1, 0.15) is 77.6 Å². The van der Waals surface area contributed by atoms with Crippen molar-refractivity contribution in [2.45, 2.75) is 83.6 Å². The smallest absolute Gasteiger partial charge is 0.0585 e. The van der Waals surface area contributed by atoms with E-state index in [4.69, 9.17) is 10.8 Å². The van der Waals surface area contributed by atoms with E-state index in [1.807, 2.05) is 0 Å². The third kappa shape index (κ3) is 15.5. The number of aliphatic hydroxyl groups is 1. The third-order valence-corrected chi connectivity index (χ3v) is 3.48. The molecule has 0 radical (unpaired) electrons. The van der Waals surface area contributed by atoms with Gasteiger partial charge >= 0.3 is 0 Å². The average molecular weight is 281 g/mol. The SMILES string of the molecule is CCCCCCCCC/C=C/CC/C=C/C[C@@H](N)CO. The van der Waals surface area contributed by atoms with Gasteiger partial charge in [0.05, 0.1) is 6.61 Å². The molecule has 0 aliphatic heterocycles. The van der Waals surface area contributed by atoms with E-state index < -0.39 is 0 Å². The van der Waals surface area contributed by atoms with Crippen LogP contribution in [0, 0.1) is 0 Å². The molecule has 0 unspecified atom stereocenters. The Bertz CT molecular complexity index is 236. The van der Waals surface area contributed by atoms with Crippen molar-refractivity contribution in [3.63, 3.8) is 0 Å². The first-order chi connectivity index (χ1) is 9.81. The van der Waals surface area contributed by atoms with Crippen molar-refractivity contribution >= 4 is 0 Å². The van der Waals surface area contributed by atoms with Crippen LogP contribution in [0.15, 0.2) is 24.3 Å². The Balaban J connectivity index is 3.20. The number of hydrogen-bond donors (Lipinski definition) is 2. The first-order valence-electron chi connectivity index (χ1n) is 8.47. The van der Waals surface area contributed by atoms with Crippen LogP contribution >= 0.6 is 0 Å². The van der Waals surface area contributed by atoms with Crippen molar-refractivity contribution in [1.29, 1.82) is 0 Å². The standard InChI is InChI=1S/C18H35NO/c1-2-3-4-5-6-7-8-9-10-11-12-13-14-15-16-18(19)17-20/h10-11,14-15,18,20H,2-9,12-13,16-17,19H2,1H3/b11-10+,15-14+/t18-/m1/s1. The summed E-state index contributed by atoms with van der Waals surface area (Å²) in [5.41, 5.74) is 5.60. The number of rotatable bonds is 14. The van der Waals surface area contributed by atoms with Crippen LogP contribution in [0.2, 0.25) is 0 Å². The maximum absolute atomic E-state index is 8.77. The number of allylic oxidation sites excluding steroid dienone is 3. The lowest BCUT2D eigenvalue weighted by Crippen LogP contribution is -2.22. The zero-order chi connectivity index (χ0) is 14.9. The number of unbranched alkanes of at least 4 members (excludes halogenated alkanes) is 8. The predicted octanol–water partition coefficient (Wildman–Crippen LogP) is 4.73. The van der Waals surface area contributed by atoms with Gasteiger partial charge in [-0.15, -0.1) is 0 Å². The van der Waals surface area contributed by atoms with Crippen LogP contribution in [0.25, 0.3) is 0 Å². The summed E-state index contributed by atoms with van der Waals surface area (Å²) in [5.74, 6) is 0. The minimum Gasteiger partial charge on any atom is -0.395 e. The first kappa shape index (κ1) is 19.4. The first-order valence-corrected chi connectivity index (χ1v) is 8.47. The van der Waals surface area contributed by atoms with E-state index in [0.29, 0.717) is 0 Å². The highest BCUT2D eigenvalue weighted by molar-refractivity contribution is 4.89. The molecule has 0 saturated carbocycles. The quantitative estimate of drug-likeness (QED) is 0.357. The van der Waals surface area contributed by atoms with Gasteiger partial charge in [0.15, 0.2) is 0 Å². The molecule has 0 fully saturated rings. The Morgan fingerprint density at radius 2 is 1.35 bits per heavy atom. The normalized spacial score (nSPS) is 13.6. The monoisotopic (exact) mass is 281 g/mol. The van der Waals surface area contributed by atoms with Crippen molar-refractivity contribution in [3.8, 4) is 0 Å². The summed E-state index contributed by atoms with van der Waals surface area (Å²) in [5, 5.41) is 8.77. The van der Waals surface area contributed by atoms with Crippen LogP contribution in [-0.4, -0.2) is 17.8 Å². The second-order valence-electron chi connectivity index (χ2n) is 5.61. The molecule has 20 heavy (non-hydrogen) atoms. The summed E-state index contributed by atoms with van der Waals surface area (Å²) < 4.78 is 0. The van der Waals surface area contributed by atoms with Crippen LogP contribution in [-0.2, 0) is 0 Å². The molecule has 0 amide bonds. The molecule has 118 valence electrons. The molecule has 0 aliphatic rings. The molecule has 0 aromatic heterocycles. The Morgan fingerprint density at radius 1 is 0.800 bits per heavy atom. The van der Waals surface area contributed by atoms with Crippen molar-refractivity contribution in [2.24, 2.45) is 5.73 Å². The number of hydrogen-bond acceptors (Lipinski definition) is 2. The van der Waals surface area contributed by atoms with Crippen molar-refractivity contribution in [1.82, 2.24) is 0 Å². The van der Waals surface area contributed by atoms with Gasteiger partial charge in [0, 0.05) is 6.04 Å². The van der Waals surface area contributed by atoms with Gasteiger partial charge in [-0.1, -0.05) is 69.8 Å². The van der Waals surface area contributed by atoms with Crippen LogP contribution in [0.3, 0.4) is 0 Å². The summed E-state index contributed by atoms with van der Waals surface area (Å²) in [6, 6.07) is -0.0980. The molecular weight excluding hydrogens is 246 g/mol. The van der Waals surface area contributed by atoms with Crippen LogP contribution in [0.4, 0.5) is 0 Å². The van der Waals surface area contributed by atoms with E-state index >= 15 is 0 Å².